The molecule has 1 heterocycles. The third kappa shape index (κ3) is 5.17. The Morgan fingerprint density at radius 2 is 1.78 bits per heavy atom. The van der Waals surface area contributed by atoms with Crippen LogP contribution in [0, 0.1) is 0 Å². The fourth-order valence-electron chi connectivity index (χ4n) is 3.18. The summed E-state index contributed by atoms with van der Waals surface area (Å²) < 4.78 is 7.47. The van der Waals surface area contributed by atoms with Crippen LogP contribution < -0.4 is 16.3 Å². The van der Waals surface area contributed by atoms with Crippen molar-refractivity contribution in [3.05, 3.63) is 64.4 Å². The molecule has 8 nitrogen and oxygen atoms in total. The maximum atomic E-state index is 13.3. The normalized spacial score (nSPS) is 13.5. The lowest BCUT2D eigenvalue weighted by Gasteiger charge is -2.33. The molecule has 170 valence electrons. The van der Waals surface area contributed by atoms with Gasteiger partial charge in [0.1, 0.15) is 11.4 Å². The second-order valence-electron chi connectivity index (χ2n) is 8.56. The van der Waals surface area contributed by atoms with Gasteiger partial charge in [0.25, 0.3) is 11.5 Å². The van der Waals surface area contributed by atoms with E-state index in [-0.39, 0.29) is 12.2 Å². The zero-order valence-electron chi connectivity index (χ0n) is 18.4. The Labute approximate surface area is 189 Å². The molecule has 2 atom stereocenters. The fraction of sp³-hybridized carbons (Fsp3) is 0.348. The molecular weight excluding hydrogens is 430 g/mol. The maximum Gasteiger partial charge on any atom is 0.331 e. The number of carbonyl (C=O) groups excluding carboxylic acids is 2. The average molecular weight is 458 g/mol. The molecule has 0 spiro atoms. The molecule has 0 aliphatic heterocycles. The lowest BCUT2D eigenvalue weighted by molar-refractivity contribution is -0.158. The van der Waals surface area contributed by atoms with E-state index in [9.17, 15) is 19.5 Å². The number of hydrogen-bond acceptors (Lipinski definition) is 7. The van der Waals surface area contributed by atoms with Crippen molar-refractivity contribution in [2.75, 3.05) is 5.01 Å². The monoisotopic (exact) mass is 457 g/mol. The summed E-state index contributed by atoms with van der Waals surface area (Å²) in [6, 6.07) is 11.1. The van der Waals surface area contributed by atoms with E-state index in [0.717, 1.165) is 16.5 Å². The zero-order chi connectivity index (χ0) is 23.6. The number of ether oxygens (including phenoxy) is 1. The van der Waals surface area contributed by atoms with Crippen LogP contribution in [0.15, 0.2) is 53.3 Å². The number of fused-ring (bicyclic) bond motifs is 1. The number of esters is 1. The molecule has 0 saturated carbocycles. The van der Waals surface area contributed by atoms with Gasteiger partial charge in [0.05, 0.1) is 16.1 Å². The molecule has 0 unspecified atom stereocenters. The van der Waals surface area contributed by atoms with Crippen molar-refractivity contribution in [2.24, 2.45) is 5.73 Å². The smallest absolute Gasteiger partial charge is 0.331 e. The minimum absolute atomic E-state index is 0.0638. The van der Waals surface area contributed by atoms with Crippen LogP contribution in [0.25, 0.3) is 10.1 Å². The van der Waals surface area contributed by atoms with Gasteiger partial charge in [0, 0.05) is 6.42 Å². The summed E-state index contributed by atoms with van der Waals surface area (Å²) in [7, 11) is 0. The van der Waals surface area contributed by atoms with Crippen LogP contribution in [-0.4, -0.2) is 38.7 Å². The van der Waals surface area contributed by atoms with Gasteiger partial charge in [-0.15, -0.1) is 0 Å². The van der Waals surface area contributed by atoms with Crippen LogP contribution in [0.2, 0.25) is 0 Å². The molecule has 0 fully saturated rings. The summed E-state index contributed by atoms with van der Waals surface area (Å²) in [5, 5.41) is 11.1. The first kappa shape index (κ1) is 23.5. The van der Waals surface area contributed by atoms with Gasteiger partial charge in [0.2, 0.25) is 0 Å². The van der Waals surface area contributed by atoms with Crippen molar-refractivity contribution in [2.45, 2.75) is 51.8 Å². The summed E-state index contributed by atoms with van der Waals surface area (Å²) in [5.41, 5.74) is 5.36. The minimum Gasteiger partial charge on any atom is -0.508 e. The lowest BCUT2D eigenvalue weighted by atomic mass is 10.0. The first-order valence-electron chi connectivity index (χ1n) is 10.2. The van der Waals surface area contributed by atoms with Crippen LogP contribution in [0.3, 0.4) is 0 Å². The Kier molecular flexibility index (Phi) is 6.71. The van der Waals surface area contributed by atoms with Crippen LogP contribution in [0.1, 0.15) is 33.3 Å². The maximum absolute atomic E-state index is 13.3. The largest absolute Gasteiger partial charge is 0.508 e. The summed E-state index contributed by atoms with van der Waals surface area (Å²) in [6.07, 6.45) is 0.0638. The SMILES string of the molecule is C[C@H](N)C(=O)N([C@@H](Cc1ccc(O)cc1)C(=O)OC(C)(C)C)n1sc2ccccc2c1=O. The second-order valence-corrected chi connectivity index (χ2v) is 9.53. The number of phenolic OH excluding ortho intramolecular Hbond substituents is 1. The van der Waals surface area contributed by atoms with E-state index >= 15 is 0 Å². The summed E-state index contributed by atoms with van der Waals surface area (Å²) in [4.78, 5) is 39.7. The third-order valence-corrected chi connectivity index (χ3v) is 5.69. The van der Waals surface area contributed by atoms with Gasteiger partial charge in [-0.1, -0.05) is 24.3 Å². The van der Waals surface area contributed by atoms with E-state index in [1.165, 1.54) is 23.1 Å². The standard InChI is InChI=1S/C23H27N3O5S/c1-14(24)20(28)25(26-21(29)17-7-5-6-8-19(17)32-26)18(22(30)31-23(2,3)4)13-15-9-11-16(27)12-10-15/h5-12,14,18,27H,13,24H2,1-4H3/t14-,18-/m0/s1. The Balaban J connectivity index is 2.16. The molecule has 2 aromatic carbocycles. The Morgan fingerprint density at radius 1 is 1.16 bits per heavy atom. The van der Waals surface area contributed by atoms with Gasteiger partial charge >= 0.3 is 5.97 Å². The van der Waals surface area contributed by atoms with Crippen molar-refractivity contribution in [3.63, 3.8) is 0 Å². The molecular formula is C23H27N3O5S. The predicted octanol–water partition coefficient (Wildman–Crippen LogP) is 2.53. The van der Waals surface area contributed by atoms with Crippen LogP contribution in [0.4, 0.5) is 0 Å². The average Bonchev–Trinajstić information content (AvgIpc) is 3.04. The number of benzene rings is 2. The van der Waals surface area contributed by atoms with Crippen molar-refractivity contribution < 1.29 is 19.4 Å². The topological polar surface area (TPSA) is 115 Å². The molecule has 3 rings (SSSR count). The minimum atomic E-state index is -1.15. The molecule has 9 heteroatoms. The fourth-order valence-corrected chi connectivity index (χ4v) is 4.22. The first-order valence-corrected chi connectivity index (χ1v) is 11.0. The zero-order valence-corrected chi connectivity index (χ0v) is 19.3. The van der Waals surface area contributed by atoms with E-state index in [2.05, 4.69) is 0 Å². The summed E-state index contributed by atoms with van der Waals surface area (Å²) in [5.74, 6) is -1.18. The van der Waals surface area contributed by atoms with Gasteiger partial charge in [-0.05, 0) is 69.1 Å². The van der Waals surface area contributed by atoms with Gasteiger partial charge < -0.3 is 15.6 Å². The Bertz CT molecular complexity index is 1170. The molecule has 0 aliphatic carbocycles. The van der Waals surface area contributed by atoms with Gasteiger partial charge in [-0.3, -0.25) is 9.59 Å². The quantitative estimate of drug-likeness (QED) is 0.550. The Morgan fingerprint density at radius 3 is 2.34 bits per heavy atom. The molecule has 0 radical (unpaired) electrons. The summed E-state index contributed by atoms with van der Waals surface area (Å²) >= 11 is 1.06. The number of rotatable bonds is 6. The predicted molar refractivity (Wildman–Crippen MR) is 124 cm³/mol. The Hall–Kier alpha value is -3.17. The van der Waals surface area contributed by atoms with E-state index < -0.39 is 35.1 Å². The molecule has 0 bridgehead atoms. The van der Waals surface area contributed by atoms with Crippen molar-refractivity contribution in [1.82, 2.24) is 4.07 Å². The van der Waals surface area contributed by atoms with Crippen molar-refractivity contribution in [1.29, 1.82) is 0 Å². The highest BCUT2D eigenvalue weighted by molar-refractivity contribution is 7.14. The van der Waals surface area contributed by atoms with E-state index in [0.29, 0.717) is 15.6 Å². The number of nitrogens with two attached hydrogens (primary N) is 1. The lowest BCUT2D eigenvalue weighted by Crippen LogP contribution is -2.59. The first-order chi connectivity index (χ1) is 15.0. The van der Waals surface area contributed by atoms with Crippen LogP contribution in [-0.2, 0) is 20.7 Å². The number of aromatic nitrogens is 1. The van der Waals surface area contributed by atoms with Gasteiger partial charge in [-0.25, -0.2) is 9.80 Å². The van der Waals surface area contributed by atoms with Gasteiger partial charge in [0.15, 0.2) is 6.04 Å². The number of aromatic hydroxyl groups is 1. The van der Waals surface area contributed by atoms with E-state index in [1.54, 1.807) is 57.2 Å². The molecule has 1 amide bonds. The van der Waals surface area contributed by atoms with E-state index in [1.807, 2.05) is 0 Å². The van der Waals surface area contributed by atoms with Crippen LogP contribution in [0.5, 0.6) is 5.75 Å². The molecule has 1 aromatic heterocycles. The number of phenols is 1. The van der Waals surface area contributed by atoms with E-state index in [4.69, 9.17) is 10.5 Å². The number of nitrogens with zero attached hydrogens (tertiary/aromatic N) is 2. The third-order valence-electron chi connectivity index (χ3n) is 4.63. The van der Waals surface area contributed by atoms with Gasteiger partial charge in [-0.2, -0.15) is 4.07 Å². The molecule has 3 N–H and O–H groups in total. The van der Waals surface area contributed by atoms with Crippen LogP contribution >= 0.6 is 11.5 Å². The molecule has 32 heavy (non-hydrogen) atoms. The highest BCUT2D eigenvalue weighted by Crippen LogP contribution is 2.21. The number of carbonyl (C=O) groups is 2. The van der Waals surface area contributed by atoms with Crippen molar-refractivity contribution >= 4 is 33.5 Å². The van der Waals surface area contributed by atoms with Crippen molar-refractivity contribution in [3.8, 4) is 5.75 Å². The highest BCUT2D eigenvalue weighted by Gasteiger charge is 2.37. The highest BCUT2D eigenvalue weighted by atomic mass is 32.1. The second kappa shape index (κ2) is 9.13. The molecule has 0 saturated heterocycles. The molecule has 3 aromatic rings. The molecule has 0 aliphatic rings. The number of amides is 1. The number of hydrogen-bond donors (Lipinski definition) is 2. The summed E-state index contributed by atoms with van der Waals surface area (Å²) in [6.45, 7) is 6.68.